The summed E-state index contributed by atoms with van der Waals surface area (Å²) in [7, 11) is 0. The number of hydrogen-bond donors (Lipinski definition) is 1. The fraction of sp³-hybridized carbons (Fsp3) is 1.00. The van der Waals surface area contributed by atoms with E-state index in [0.29, 0.717) is 0 Å². The van der Waals surface area contributed by atoms with Gasteiger partial charge in [-0.2, -0.15) is 0 Å². The summed E-state index contributed by atoms with van der Waals surface area (Å²) in [6.07, 6.45) is 13.5. The summed E-state index contributed by atoms with van der Waals surface area (Å²) in [5, 5.41) is 3.95. The molecule has 110 valence electrons. The van der Waals surface area contributed by atoms with Gasteiger partial charge >= 0.3 is 0 Å². The number of fused-ring (bicyclic) bond motifs is 2. The molecule has 3 aliphatic rings. The van der Waals surface area contributed by atoms with Crippen LogP contribution in [-0.4, -0.2) is 12.6 Å². The maximum absolute atomic E-state index is 3.95. The Morgan fingerprint density at radius 2 is 1.89 bits per heavy atom. The monoisotopic (exact) mass is 263 g/mol. The quantitative estimate of drug-likeness (QED) is 0.763. The van der Waals surface area contributed by atoms with Gasteiger partial charge in [0.2, 0.25) is 0 Å². The highest BCUT2D eigenvalue weighted by Gasteiger charge is 2.39. The van der Waals surface area contributed by atoms with E-state index < -0.39 is 0 Å². The molecule has 3 rings (SSSR count). The molecule has 3 aliphatic carbocycles. The largest absolute Gasteiger partial charge is 0.314 e. The van der Waals surface area contributed by atoms with E-state index >= 15 is 0 Å². The van der Waals surface area contributed by atoms with Crippen LogP contribution in [0.15, 0.2) is 0 Å². The minimum Gasteiger partial charge on any atom is -0.314 e. The van der Waals surface area contributed by atoms with Gasteiger partial charge in [0, 0.05) is 6.04 Å². The molecule has 0 amide bonds. The maximum Gasteiger partial charge on any atom is 0.00698 e. The molecule has 19 heavy (non-hydrogen) atoms. The van der Waals surface area contributed by atoms with E-state index in [1.807, 2.05) is 0 Å². The molecule has 1 heteroatoms. The van der Waals surface area contributed by atoms with E-state index in [-0.39, 0.29) is 0 Å². The van der Waals surface area contributed by atoms with Crippen molar-refractivity contribution >= 4 is 0 Å². The van der Waals surface area contributed by atoms with Gasteiger partial charge in [0.15, 0.2) is 0 Å². The first-order chi connectivity index (χ1) is 9.20. The van der Waals surface area contributed by atoms with Gasteiger partial charge in [0.1, 0.15) is 0 Å². The first-order valence-corrected chi connectivity index (χ1v) is 8.94. The summed E-state index contributed by atoms with van der Waals surface area (Å²) < 4.78 is 0. The predicted molar refractivity (Wildman–Crippen MR) is 82.1 cm³/mol. The van der Waals surface area contributed by atoms with Gasteiger partial charge in [-0.1, -0.05) is 33.1 Å². The Morgan fingerprint density at radius 3 is 2.58 bits per heavy atom. The van der Waals surface area contributed by atoms with Crippen molar-refractivity contribution in [3.8, 4) is 0 Å². The molecule has 1 nitrogen and oxygen atoms in total. The van der Waals surface area contributed by atoms with Crippen LogP contribution in [0.25, 0.3) is 0 Å². The molecule has 0 radical (unpaired) electrons. The summed E-state index contributed by atoms with van der Waals surface area (Å²) in [5.74, 6) is 5.12. The molecule has 3 saturated carbocycles. The van der Waals surface area contributed by atoms with Crippen molar-refractivity contribution in [2.24, 2.45) is 29.6 Å². The van der Waals surface area contributed by atoms with Crippen LogP contribution in [0.2, 0.25) is 0 Å². The standard InChI is InChI=1S/C18H33N/c1-13(2)8-14-4-3-5-18(11-14)19-12-17-10-15-6-7-16(17)9-15/h13-19H,3-12H2,1-2H3. The van der Waals surface area contributed by atoms with Crippen molar-refractivity contribution in [2.45, 2.75) is 77.7 Å². The predicted octanol–water partition coefficient (Wildman–Crippen LogP) is 4.62. The topological polar surface area (TPSA) is 12.0 Å². The lowest BCUT2D eigenvalue weighted by Gasteiger charge is -2.32. The second-order valence-electron chi connectivity index (χ2n) is 8.20. The van der Waals surface area contributed by atoms with E-state index in [4.69, 9.17) is 0 Å². The number of nitrogens with one attached hydrogen (secondary N) is 1. The van der Waals surface area contributed by atoms with Gasteiger partial charge in [0.25, 0.3) is 0 Å². The SMILES string of the molecule is CC(C)CC1CCCC(NCC2CC3CCC2C3)C1. The van der Waals surface area contributed by atoms with Crippen LogP contribution in [-0.2, 0) is 0 Å². The minimum atomic E-state index is 0.844. The zero-order chi connectivity index (χ0) is 13.2. The Kier molecular flexibility index (Phi) is 4.51. The first-order valence-electron chi connectivity index (χ1n) is 8.94. The fourth-order valence-electron chi connectivity index (χ4n) is 5.30. The Morgan fingerprint density at radius 1 is 1.00 bits per heavy atom. The summed E-state index contributed by atoms with van der Waals surface area (Å²) in [6.45, 7) is 6.10. The molecule has 0 spiro atoms. The average Bonchev–Trinajstić information content (AvgIpc) is 2.98. The van der Waals surface area contributed by atoms with Crippen LogP contribution in [0, 0.1) is 29.6 Å². The summed E-state index contributed by atoms with van der Waals surface area (Å²) in [6, 6.07) is 0.844. The molecule has 1 N–H and O–H groups in total. The van der Waals surface area contributed by atoms with Gasteiger partial charge < -0.3 is 5.32 Å². The normalized spacial score (nSPS) is 42.2. The Balaban J connectivity index is 1.40. The van der Waals surface area contributed by atoms with Crippen molar-refractivity contribution < 1.29 is 0 Å². The molecule has 5 unspecified atom stereocenters. The summed E-state index contributed by atoms with van der Waals surface area (Å²) >= 11 is 0. The maximum atomic E-state index is 3.95. The van der Waals surface area contributed by atoms with Gasteiger partial charge in [-0.3, -0.25) is 0 Å². The highest BCUT2D eigenvalue weighted by Crippen LogP contribution is 2.48. The molecule has 5 atom stereocenters. The third kappa shape index (κ3) is 3.54. The van der Waals surface area contributed by atoms with E-state index in [1.165, 1.54) is 45.1 Å². The molecular formula is C18H33N. The van der Waals surface area contributed by atoms with Crippen LogP contribution < -0.4 is 5.32 Å². The molecule has 2 bridgehead atoms. The van der Waals surface area contributed by atoms with Gasteiger partial charge in [-0.05, 0) is 74.7 Å². The number of rotatable bonds is 5. The van der Waals surface area contributed by atoms with Crippen molar-refractivity contribution in [3.63, 3.8) is 0 Å². The highest BCUT2D eigenvalue weighted by molar-refractivity contribution is 4.91. The van der Waals surface area contributed by atoms with E-state index in [9.17, 15) is 0 Å². The van der Waals surface area contributed by atoms with Gasteiger partial charge in [0.05, 0.1) is 0 Å². The second kappa shape index (κ2) is 6.16. The molecule has 0 aromatic carbocycles. The lowest BCUT2D eigenvalue weighted by molar-refractivity contribution is 0.232. The van der Waals surface area contributed by atoms with Crippen LogP contribution in [0.4, 0.5) is 0 Å². The Bertz CT molecular complexity index is 285. The van der Waals surface area contributed by atoms with Crippen molar-refractivity contribution in [2.75, 3.05) is 6.54 Å². The highest BCUT2D eigenvalue weighted by atomic mass is 14.9. The van der Waals surface area contributed by atoms with Crippen molar-refractivity contribution in [1.29, 1.82) is 0 Å². The van der Waals surface area contributed by atoms with E-state index in [2.05, 4.69) is 19.2 Å². The Labute approximate surface area is 119 Å². The molecule has 3 fully saturated rings. The van der Waals surface area contributed by atoms with Crippen LogP contribution in [0.5, 0.6) is 0 Å². The average molecular weight is 263 g/mol. The molecular weight excluding hydrogens is 230 g/mol. The van der Waals surface area contributed by atoms with Crippen LogP contribution in [0.1, 0.15) is 71.6 Å². The minimum absolute atomic E-state index is 0.844. The Hall–Kier alpha value is -0.0400. The molecule has 0 saturated heterocycles. The molecule has 0 aliphatic heterocycles. The van der Waals surface area contributed by atoms with Crippen LogP contribution >= 0.6 is 0 Å². The third-order valence-corrected chi connectivity index (χ3v) is 6.14. The fourth-order valence-corrected chi connectivity index (χ4v) is 5.30. The molecule has 0 aromatic heterocycles. The van der Waals surface area contributed by atoms with Gasteiger partial charge in [-0.15, -0.1) is 0 Å². The van der Waals surface area contributed by atoms with Gasteiger partial charge in [-0.25, -0.2) is 0 Å². The van der Waals surface area contributed by atoms with E-state index in [1.54, 1.807) is 19.3 Å². The second-order valence-corrected chi connectivity index (χ2v) is 8.20. The van der Waals surface area contributed by atoms with E-state index in [0.717, 1.165) is 35.6 Å². The first kappa shape index (κ1) is 13.9. The summed E-state index contributed by atoms with van der Waals surface area (Å²) in [4.78, 5) is 0. The molecule has 0 heterocycles. The lowest BCUT2D eigenvalue weighted by Crippen LogP contribution is -2.38. The van der Waals surface area contributed by atoms with Crippen molar-refractivity contribution in [1.82, 2.24) is 5.32 Å². The summed E-state index contributed by atoms with van der Waals surface area (Å²) in [5.41, 5.74) is 0. The zero-order valence-corrected chi connectivity index (χ0v) is 13.0. The zero-order valence-electron chi connectivity index (χ0n) is 13.0. The number of hydrogen-bond acceptors (Lipinski definition) is 1. The van der Waals surface area contributed by atoms with Crippen LogP contribution in [0.3, 0.4) is 0 Å². The molecule has 0 aromatic rings. The smallest absolute Gasteiger partial charge is 0.00698 e. The lowest BCUT2D eigenvalue weighted by atomic mass is 9.80. The third-order valence-electron chi connectivity index (χ3n) is 6.14. The van der Waals surface area contributed by atoms with Crippen molar-refractivity contribution in [3.05, 3.63) is 0 Å².